The molecule has 1 unspecified atom stereocenters. The van der Waals surface area contributed by atoms with E-state index < -0.39 is 0 Å². The highest BCUT2D eigenvalue weighted by Gasteiger charge is 2.15. The Kier molecular flexibility index (Phi) is 6.04. The van der Waals surface area contributed by atoms with E-state index in [0.29, 0.717) is 12.2 Å². The number of nitrogens with zero attached hydrogens (tertiary/aromatic N) is 1. The normalized spacial score (nSPS) is 18.5. The van der Waals surface area contributed by atoms with E-state index in [-0.39, 0.29) is 5.91 Å². The van der Waals surface area contributed by atoms with Crippen LogP contribution in [0.2, 0.25) is 0 Å². The Hall–Kier alpha value is -0.680. The zero-order chi connectivity index (χ0) is 13.5. The van der Waals surface area contributed by atoms with Gasteiger partial charge in [0, 0.05) is 23.6 Å². The first-order chi connectivity index (χ1) is 9.24. The smallest absolute Gasteiger partial charge is 0.225 e. The van der Waals surface area contributed by atoms with Crippen LogP contribution in [0, 0.1) is 6.92 Å². The van der Waals surface area contributed by atoms with Gasteiger partial charge in [-0.15, -0.1) is 0 Å². The van der Waals surface area contributed by atoms with Crippen molar-refractivity contribution in [2.24, 2.45) is 0 Å². The monoisotopic (exact) mass is 296 g/mol. The molecule has 0 radical (unpaired) electrons. The molecule has 1 atom stereocenters. The molecule has 19 heavy (non-hydrogen) atoms. The van der Waals surface area contributed by atoms with Crippen LogP contribution in [-0.2, 0) is 4.79 Å². The van der Waals surface area contributed by atoms with Crippen LogP contribution < -0.4 is 5.32 Å². The highest BCUT2D eigenvalue weighted by molar-refractivity contribution is 8.77. The number of aromatic nitrogens is 1. The van der Waals surface area contributed by atoms with Crippen molar-refractivity contribution in [1.82, 2.24) is 4.98 Å². The Labute approximate surface area is 122 Å². The van der Waals surface area contributed by atoms with Gasteiger partial charge in [-0.1, -0.05) is 34.1 Å². The minimum Gasteiger partial charge on any atom is -0.311 e. The van der Waals surface area contributed by atoms with Gasteiger partial charge in [-0.3, -0.25) is 4.79 Å². The zero-order valence-corrected chi connectivity index (χ0v) is 12.9. The number of carbonyl (C=O) groups is 1. The number of hydrogen-bond donors (Lipinski definition) is 1. The topological polar surface area (TPSA) is 42.0 Å². The molecule has 2 heterocycles. The van der Waals surface area contributed by atoms with Crippen LogP contribution in [0.15, 0.2) is 18.3 Å². The average molecular weight is 296 g/mol. The van der Waals surface area contributed by atoms with Gasteiger partial charge in [0.15, 0.2) is 0 Å². The van der Waals surface area contributed by atoms with Crippen LogP contribution in [0.25, 0.3) is 0 Å². The molecule has 1 N–H and O–H groups in total. The molecule has 104 valence electrons. The van der Waals surface area contributed by atoms with Crippen molar-refractivity contribution in [3.05, 3.63) is 23.9 Å². The van der Waals surface area contributed by atoms with Gasteiger partial charge < -0.3 is 5.32 Å². The molecule has 2 rings (SSSR count). The SMILES string of the molecule is Cc1ccc(NC(=O)CCCCC2CCSS2)nc1. The fourth-order valence-corrected chi connectivity index (χ4v) is 5.00. The van der Waals surface area contributed by atoms with Gasteiger partial charge in [-0.2, -0.15) is 0 Å². The molecular formula is C14H20N2OS2. The van der Waals surface area contributed by atoms with E-state index in [1.54, 1.807) is 6.20 Å². The number of amides is 1. The Morgan fingerprint density at radius 1 is 1.47 bits per heavy atom. The molecule has 0 aliphatic carbocycles. The van der Waals surface area contributed by atoms with Crippen LogP contribution in [-0.4, -0.2) is 21.9 Å². The van der Waals surface area contributed by atoms with Gasteiger partial charge in [0.2, 0.25) is 5.91 Å². The lowest BCUT2D eigenvalue weighted by Gasteiger charge is -2.07. The fourth-order valence-electron chi connectivity index (χ4n) is 1.97. The van der Waals surface area contributed by atoms with Crippen LogP contribution in [0.1, 0.15) is 37.7 Å². The van der Waals surface area contributed by atoms with Gasteiger partial charge in [-0.05, 0) is 37.8 Å². The summed E-state index contributed by atoms with van der Waals surface area (Å²) in [6.45, 7) is 1.98. The number of pyridine rings is 1. The first-order valence-corrected chi connectivity index (χ1v) is 9.13. The molecule has 1 amide bonds. The van der Waals surface area contributed by atoms with E-state index in [4.69, 9.17) is 0 Å². The summed E-state index contributed by atoms with van der Waals surface area (Å²) >= 11 is 0. The lowest BCUT2D eigenvalue weighted by molar-refractivity contribution is -0.116. The van der Waals surface area contributed by atoms with Crippen molar-refractivity contribution in [2.45, 2.75) is 44.3 Å². The van der Waals surface area contributed by atoms with Gasteiger partial charge in [0.25, 0.3) is 0 Å². The Balaban J connectivity index is 1.60. The van der Waals surface area contributed by atoms with Gasteiger partial charge in [0.05, 0.1) is 0 Å². The maximum atomic E-state index is 11.7. The first-order valence-electron chi connectivity index (χ1n) is 6.75. The predicted molar refractivity (Wildman–Crippen MR) is 84.5 cm³/mol. The van der Waals surface area contributed by atoms with Crippen LogP contribution >= 0.6 is 21.6 Å². The molecule has 1 fully saturated rings. The van der Waals surface area contributed by atoms with Crippen molar-refractivity contribution < 1.29 is 4.79 Å². The third kappa shape index (κ3) is 5.45. The molecular weight excluding hydrogens is 276 g/mol. The van der Waals surface area contributed by atoms with Gasteiger partial charge in [0.1, 0.15) is 5.82 Å². The molecule has 1 aliphatic heterocycles. The van der Waals surface area contributed by atoms with E-state index in [0.717, 1.165) is 23.7 Å². The minimum atomic E-state index is 0.0739. The molecule has 1 aromatic heterocycles. The Morgan fingerprint density at radius 2 is 2.37 bits per heavy atom. The van der Waals surface area contributed by atoms with E-state index in [2.05, 4.69) is 10.3 Å². The number of aryl methyl sites for hydroxylation is 1. The summed E-state index contributed by atoms with van der Waals surface area (Å²) in [6, 6.07) is 3.80. The van der Waals surface area contributed by atoms with E-state index in [1.807, 2.05) is 40.6 Å². The summed E-state index contributed by atoms with van der Waals surface area (Å²) < 4.78 is 0. The van der Waals surface area contributed by atoms with Gasteiger partial charge in [-0.25, -0.2) is 4.98 Å². The second-order valence-corrected chi connectivity index (χ2v) is 7.63. The molecule has 1 saturated heterocycles. The third-order valence-electron chi connectivity index (χ3n) is 3.09. The summed E-state index contributed by atoms with van der Waals surface area (Å²) in [5.41, 5.74) is 1.10. The number of nitrogens with one attached hydrogen (secondary N) is 1. The number of unbranched alkanes of at least 4 members (excludes halogenated alkanes) is 1. The van der Waals surface area contributed by atoms with Gasteiger partial charge >= 0.3 is 0 Å². The van der Waals surface area contributed by atoms with E-state index in [9.17, 15) is 4.79 Å². The molecule has 0 aromatic carbocycles. The molecule has 1 aliphatic rings. The maximum absolute atomic E-state index is 11.7. The molecule has 1 aromatic rings. The number of rotatable bonds is 6. The number of anilines is 1. The fraction of sp³-hybridized carbons (Fsp3) is 0.571. The van der Waals surface area contributed by atoms with Crippen molar-refractivity contribution in [2.75, 3.05) is 11.1 Å². The summed E-state index contributed by atoms with van der Waals surface area (Å²) in [5.74, 6) is 2.01. The summed E-state index contributed by atoms with van der Waals surface area (Å²) in [4.78, 5) is 15.9. The predicted octanol–water partition coefficient (Wildman–Crippen LogP) is 4.04. The summed E-state index contributed by atoms with van der Waals surface area (Å²) in [7, 11) is 3.99. The standard InChI is InChI=1S/C14H20N2OS2/c1-11-6-7-13(15-10-11)16-14(17)5-3-2-4-12-8-9-18-19-12/h6-7,10,12H,2-5,8-9H2,1H3,(H,15,16,17). The highest BCUT2D eigenvalue weighted by Crippen LogP contribution is 2.39. The van der Waals surface area contributed by atoms with Crippen LogP contribution in [0.5, 0.6) is 0 Å². The molecule has 5 heteroatoms. The maximum Gasteiger partial charge on any atom is 0.225 e. The molecule has 0 spiro atoms. The molecule has 0 bridgehead atoms. The summed E-state index contributed by atoms with van der Waals surface area (Å²) in [6.07, 6.45) is 7.06. The Bertz CT molecular complexity index is 402. The van der Waals surface area contributed by atoms with Crippen molar-refractivity contribution in [3.8, 4) is 0 Å². The molecule has 0 saturated carbocycles. The first kappa shape index (κ1) is 14.7. The van der Waals surface area contributed by atoms with Crippen LogP contribution in [0.3, 0.4) is 0 Å². The average Bonchev–Trinajstić information content (AvgIpc) is 2.91. The van der Waals surface area contributed by atoms with Crippen molar-refractivity contribution >= 4 is 33.3 Å². The minimum absolute atomic E-state index is 0.0739. The number of hydrogen-bond acceptors (Lipinski definition) is 4. The molecule has 3 nitrogen and oxygen atoms in total. The second-order valence-electron chi connectivity index (χ2n) is 4.84. The van der Waals surface area contributed by atoms with E-state index in [1.165, 1.54) is 18.6 Å². The van der Waals surface area contributed by atoms with Crippen molar-refractivity contribution in [3.63, 3.8) is 0 Å². The largest absolute Gasteiger partial charge is 0.311 e. The quantitative estimate of drug-likeness (QED) is 0.635. The number of carbonyl (C=O) groups excluding carboxylic acids is 1. The lowest BCUT2D eigenvalue weighted by Crippen LogP contribution is -2.12. The van der Waals surface area contributed by atoms with Crippen molar-refractivity contribution in [1.29, 1.82) is 0 Å². The lowest BCUT2D eigenvalue weighted by atomic mass is 10.1. The highest BCUT2D eigenvalue weighted by atomic mass is 33.1. The third-order valence-corrected chi connectivity index (χ3v) is 6.09. The zero-order valence-electron chi connectivity index (χ0n) is 11.2. The second kappa shape index (κ2) is 7.80. The summed E-state index contributed by atoms with van der Waals surface area (Å²) in [5, 5.41) is 3.65. The Morgan fingerprint density at radius 3 is 3.05 bits per heavy atom. The van der Waals surface area contributed by atoms with E-state index >= 15 is 0 Å². The van der Waals surface area contributed by atoms with Crippen LogP contribution in [0.4, 0.5) is 5.82 Å².